The summed E-state index contributed by atoms with van der Waals surface area (Å²) in [7, 11) is 1.51. The number of hydrogen-bond acceptors (Lipinski definition) is 2. The maximum atomic E-state index is 12.9. The largest absolute Gasteiger partial charge is 0.319 e. The molecule has 1 aromatic heterocycles. The number of carbonyl (C=O) groups is 1. The van der Waals surface area contributed by atoms with Gasteiger partial charge in [0.2, 0.25) is 0 Å². The first-order chi connectivity index (χ1) is 10.4. The van der Waals surface area contributed by atoms with Crippen molar-refractivity contribution >= 4 is 11.6 Å². The molecule has 0 aliphatic rings. The average Bonchev–Trinajstić information content (AvgIpc) is 2.48. The lowest BCUT2D eigenvalue weighted by Crippen LogP contribution is -2.36. The second-order valence-corrected chi connectivity index (χ2v) is 4.65. The van der Waals surface area contributed by atoms with Crippen LogP contribution in [0, 0.1) is 5.82 Å². The normalized spacial score (nSPS) is 10.8. The molecule has 2 rings (SSSR count). The minimum Gasteiger partial charge on any atom is -0.319 e. The standard InChI is InChI=1S/C15H13F3N2O2/c1-19-7-6-10(8-14(19)21)15(22)20(9-13(17)18)12-4-2-11(16)3-5-12/h2-8,13H,9H2,1H3. The number of halogens is 3. The molecule has 1 amide bonds. The van der Waals surface area contributed by atoms with Crippen LogP contribution in [0.5, 0.6) is 0 Å². The Labute approximate surface area is 124 Å². The second-order valence-electron chi connectivity index (χ2n) is 4.65. The van der Waals surface area contributed by atoms with E-state index in [1.807, 2.05) is 0 Å². The van der Waals surface area contributed by atoms with Gasteiger partial charge in [-0.3, -0.25) is 9.59 Å². The van der Waals surface area contributed by atoms with Crippen LogP contribution in [-0.2, 0) is 7.05 Å². The van der Waals surface area contributed by atoms with Gasteiger partial charge in [0.15, 0.2) is 0 Å². The molecule has 0 atom stereocenters. The molecule has 0 saturated heterocycles. The van der Waals surface area contributed by atoms with Gasteiger partial charge < -0.3 is 9.47 Å². The number of amides is 1. The maximum absolute atomic E-state index is 12.9. The van der Waals surface area contributed by atoms with Crippen LogP contribution in [0.15, 0.2) is 47.4 Å². The summed E-state index contributed by atoms with van der Waals surface area (Å²) in [5.74, 6) is -1.29. The van der Waals surface area contributed by atoms with Gasteiger partial charge in [-0.05, 0) is 30.3 Å². The van der Waals surface area contributed by atoms with Crippen molar-refractivity contribution in [2.24, 2.45) is 7.05 Å². The van der Waals surface area contributed by atoms with E-state index in [-0.39, 0.29) is 11.3 Å². The Morgan fingerprint density at radius 1 is 1.23 bits per heavy atom. The highest BCUT2D eigenvalue weighted by Gasteiger charge is 2.22. The van der Waals surface area contributed by atoms with E-state index in [1.165, 1.54) is 36.0 Å². The van der Waals surface area contributed by atoms with Crippen LogP contribution < -0.4 is 10.5 Å². The number of pyridine rings is 1. The van der Waals surface area contributed by atoms with Crippen molar-refractivity contribution in [2.45, 2.75) is 6.43 Å². The topological polar surface area (TPSA) is 42.3 Å². The molecule has 0 spiro atoms. The van der Waals surface area contributed by atoms with Gasteiger partial charge >= 0.3 is 0 Å². The van der Waals surface area contributed by atoms with E-state index in [4.69, 9.17) is 0 Å². The van der Waals surface area contributed by atoms with Crippen LogP contribution in [0.4, 0.5) is 18.9 Å². The van der Waals surface area contributed by atoms with E-state index in [2.05, 4.69) is 0 Å². The summed E-state index contributed by atoms with van der Waals surface area (Å²) >= 11 is 0. The summed E-state index contributed by atoms with van der Waals surface area (Å²) in [6.45, 7) is -0.848. The van der Waals surface area contributed by atoms with Gasteiger partial charge in [-0.25, -0.2) is 13.2 Å². The SMILES string of the molecule is Cn1ccc(C(=O)N(CC(F)F)c2ccc(F)cc2)cc1=O. The lowest BCUT2D eigenvalue weighted by Gasteiger charge is -2.22. The predicted molar refractivity (Wildman–Crippen MR) is 75.8 cm³/mol. The van der Waals surface area contributed by atoms with Crippen molar-refractivity contribution in [1.29, 1.82) is 0 Å². The number of anilines is 1. The van der Waals surface area contributed by atoms with Crippen LogP contribution in [0.2, 0.25) is 0 Å². The third-order valence-electron chi connectivity index (χ3n) is 3.06. The first-order valence-electron chi connectivity index (χ1n) is 6.41. The molecule has 22 heavy (non-hydrogen) atoms. The summed E-state index contributed by atoms with van der Waals surface area (Å²) in [6, 6.07) is 7.06. The fourth-order valence-electron chi connectivity index (χ4n) is 1.90. The van der Waals surface area contributed by atoms with Gasteiger partial charge in [0.05, 0.1) is 6.54 Å². The predicted octanol–water partition coefficient (Wildman–Crippen LogP) is 2.44. The first kappa shape index (κ1) is 15.8. The average molecular weight is 310 g/mol. The zero-order valence-corrected chi connectivity index (χ0v) is 11.7. The Hall–Kier alpha value is -2.57. The number of alkyl halides is 2. The lowest BCUT2D eigenvalue weighted by atomic mass is 10.2. The molecule has 1 aromatic carbocycles. The van der Waals surface area contributed by atoms with Crippen LogP contribution in [0.3, 0.4) is 0 Å². The minimum absolute atomic E-state index is 0.00641. The van der Waals surface area contributed by atoms with Gasteiger partial charge in [-0.15, -0.1) is 0 Å². The van der Waals surface area contributed by atoms with Gasteiger partial charge in [0.1, 0.15) is 5.82 Å². The fraction of sp³-hybridized carbons (Fsp3) is 0.200. The molecular formula is C15H13F3N2O2. The van der Waals surface area contributed by atoms with Gasteiger partial charge in [-0.2, -0.15) is 0 Å². The molecule has 2 aromatic rings. The van der Waals surface area contributed by atoms with Crippen molar-refractivity contribution in [2.75, 3.05) is 11.4 Å². The van der Waals surface area contributed by atoms with Crippen molar-refractivity contribution in [3.05, 3.63) is 64.3 Å². The number of carbonyl (C=O) groups excluding carboxylic acids is 1. The molecular weight excluding hydrogens is 297 g/mol. The molecule has 0 N–H and O–H groups in total. The van der Waals surface area contributed by atoms with E-state index < -0.39 is 30.3 Å². The van der Waals surface area contributed by atoms with E-state index in [0.29, 0.717) is 0 Å². The highest BCUT2D eigenvalue weighted by atomic mass is 19.3. The molecule has 116 valence electrons. The summed E-state index contributed by atoms with van der Waals surface area (Å²) in [4.78, 5) is 24.8. The molecule has 7 heteroatoms. The molecule has 0 unspecified atom stereocenters. The number of aryl methyl sites for hydroxylation is 1. The van der Waals surface area contributed by atoms with E-state index in [9.17, 15) is 22.8 Å². The van der Waals surface area contributed by atoms with Crippen LogP contribution in [0.25, 0.3) is 0 Å². The molecule has 0 fully saturated rings. The van der Waals surface area contributed by atoms with Crippen molar-refractivity contribution < 1.29 is 18.0 Å². The highest BCUT2D eigenvalue weighted by molar-refractivity contribution is 6.06. The Morgan fingerprint density at radius 2 is 1.86 bits per heavy atom. The van der Waals surface area contributed by atoms with E-state index >= 15 is 0 Å². The molecule has 0 saturated carbocycles. The third-order valence-corrected chi connectivity index (χ3v) is 3.06. The van der Waals surface area contributed by atoms with Gasteiger partial charge in [0.25, 0.3) is 17.9 Å². The molecule has 0 bridgehead atoms. The number of benzene rings is 1. The summed E-state index contributed by atoms with van der Waals surface area (Å²) < 4.78 is 39.7. The Bertz CT molecular complexity index is 726. The van der Waals surface area contributed by atoms with Crippen molar-refractivity contribution in [3.63, 3.8) is 0 Å². The maximum Gasteiger partial charge on any atom is 0.258 e. The smallest absolute Gasteiger partial charge is 0.258 e. The monoisotopic (exact) mass is 310 g/mol. The first-order valence-corrected chi connectivity index (χ1v) is 6.41. The number of hydrogen-bond donors (Lipinski definition) is 0. The van der Waals surface area contributed by atoms with E-state index in [0.717, 1.165) is 23.1 Å². The summed E-state index contributed by atoms with van der Waals surface area (Å²) in [5.41, 5.74) is -0.303. The highest BCUT2D eigenvalue weighted by Crippen LogP contribution is 2.19. The fourth-order valence-corrected chi connectivity index (χ4v) is 1.90. The van der Waals surface area contributed by atoms with Gasteiger partial charge in [0, 0.05) is 30.6 Å². The lowest BCUT2D eigenvalue weighted by molar-refractivity contribution is 0.0945. The molecule has 0 radical (unpaired) electrons. The third kappa shape index (κ3) is 3.55. The second kappa shape index (κ2) is 6.46. The molecule has 0 aliphatic carbocycles. The molecule has 4 nitrogen and oxygen atoms in total. The summed E-state index contributed by atoms with van der Waals surface area (Å²) in [6.07, 6.45) is -1.39. The number of aromatic nitrogens is 1. The van der Waals surface area contributed by atoms with Gasteiger partial charge in [-0.1, -0.05) is 0 Å². The summed E-state index contributed by atoms with van der Waals surface area (Å²) in [5, 5.41) is 0. The van der Waals surface area contributed by atoms with E-state index in [1.54, 1.807) is 0 Å². The van der Waals surface area contributed by atoms with Crippen molar-refractivity contribution in [1.82, 2.24) is 4.57 Å². The zero-order chi connectivity index (χ0) is 16.3. The quantitative estimate of drug-likeness (QED) is 0.870. The molecule has 0 aliphatic heterocycles. The Kier molecular flexibility index (Phi) is 4.65. The Morgan fingerprint density at radius 3 is 2.41 bits per heavy atom. The Balaban J connectivity index is 2.39. The van der Waals surface area contributed by atoms with Crippen LogP contribution in [0.1, 0.15) is 10.4 Å². The van der Waals surface area contributed by atoms with Crippen molar-refractivity contribution in [3.8, 4) is 0 Å². The molecule has 1 heterocycles. The number of rotatable bonds is 4. The number of nitrogens with zero attached hydrogens (tertiary/aromatic N) is 2. The van der Waals surface area contributed by atoms with Crippen LogP contribution >= 0.6 is 0 Å². The minimum atomic E-state index is -2.76. The van der Waals surface area contributed by atoms with Crippen LogP contribution in [-0.4, -0.2) is 23.4 Å². The zero-order valence-electron chi connectivity index (χ0n) is 11.7.